The number of aromatic carboxylic acids is 1. The van der Waals surface area contributed by atoms with Gasteiger partial charge in [-0.3, -0.25) is 4.31 Å². The van der Waals surface area contributed by atoms with Crippen molar-refractivity contribution >= 4 is 33.4 Å². The molecule has 0 radical (unpaired) electrons. The molecule has 5 nitrogen and oxygen atoms in total. The summed E-state index contributed by atoms with van der Waals surface area (Å²) in [5.74, 6) is -0.296. The number of fused-ring (bicyclic) bond motifs is 1. The highest BCUT2D eigenvalue weighted by molar-refractivity contribution is 7.99. The molecule has 1 N–H and O–H groups in total. The highest BCUT2D eigenvalue weighted by atomic mass is 32.2. The number of anilines is 1. The van der Waals surface area contributed by atoms with E-state index in [1.165, 1.54) is 22.5 Å². The molecule has 7 heteroatoms. The average Bonchev–Trinajstić information content (AvgIpc) is 2.77. The number of hydrogen-bond acceptors (Lipinski definition) is 4. The van der Waals surface area contributed by atoms with Crippen LogP contribution in [0.3, 0.4) is 0 Å². The molecule has 0 unspecified atom stereocenters. The van der Waals surface area contributed by atoms with Crippen molar-refractivity contribution < 1.29 is 18.3 Å². The second-order valence-corrected chi connectivity index (χ2v) is 8.50. The lowest BCUT2D eigenvalue weighted by molar-refractivity contribution is 0.0696. The number of carboxylic acid groups (broad SMARTS) is 1. The minimum Gasteiger partial charge on any atom is -0.478 e. The molecule has 2 aromatic carbocycles. The molecular formula is C17H17NO4S2. The van der Waals surface area contributed by atoms with E-state index in [-0.39, 0.29) is 10.5 Å². The van der Waals surface area contributed by atoms with Crippen LogP contribution in [0.25, 0.3) is 0 Å². The monoisotopic (exact) mass is 363 g/mol. The van der Waals surface area contributed by atoms with Gasteiger partial charge in [-0.2, -0.15) is 0 Å². The van der Waals surface area contributed by atoms with Crippen LogP contribution in [0.2, 0.25) is 0 Å². The van der Waals surface area contributed by atoms with Crippen LogP contribution in [0.15, 0.2) is 52.3 Å². The lowest BCUT2D eigenvalue weighted by atomic mass is 10.1. The molecule has 3 rings (SSSR count). The van der Waals surface area contributed by atoms with Crippen molar-refractivity contribution in [2.75, 3.05) is 16.6 Å². The number of hydrogen-bond donors (Lipinski definition) is 1. The maximum atomic E-state index is 13.2. The van der Waals surface area contributed by atoms with Crippen LogP contribution in [0, 0.1) is 6.92 Å². The van der Waals surface area contributed by atoms with E-state index in [9.17, 15) is 13.2 Å². The summed E-state index contributed by atoms with van der Waals surface area (Å²) in [4.78, 5) is 12.2. The second-order valence-electron chi connectivity index (χ2n) is 5.53. The van der Waals surface area contributed by atoms with Crippen molar-refractivity contribution in [3.05, 3.63) is 53.6 Å². The first-order chi connectivity index (χ1) is 11.4. The Bertz CT molecular complexity index is 893. The van der Waals surface area contributed by atoms with Gasteiger partial charge in [-0.25, -0.2) is 13.2 Å². The topological polar surface area (TPSA) is 74.7 Å². The molecule has 0 aromatic heterocycles. The van der Waals surface area contributed by atoms with Gasteiger partial charge in [-0.05, 0) is 48.9 Å². The van der Waals surface area contributed by atoms with Crippen molar-refractivity contribution in [2.24, 2.45) is 0 Å². The number of thioether (sulfide) groups is 1. The Kier molecular flexibility index (Phi) is 4.56. The van der Waals surface area contributed by atoms with E-state index in [1.54, 1.807) is 24.8 Å². The van der Waals surface area contributed by atoms with Gasteiger partial charge in [0.05, 0.1) is 16.1 Å². The first-order valence-electron chi connectivity index (χ1n) is 7.50. The van der Waals surface area contributed by atoms with Gasteiger partial charge < -0.3 is 5.11 Å². The van der Waals surface area contributed by atoms with Gasteiger partial charge in [0, 0.05) is 11.4 Å². The van der Waals surface area contributed by atoms with E-state index in [4.69, 9.17) is 5.11 Å². The van der Waals surface area contributed by atoms with E-state index >= 15 is 0 Å². The summed E-state index contributed by atoms with van der Waals surface area (Å²) >= 11 is 1.64. The Morgan fingerprint density at radius 1 is 1.21 bits per heavy atom. The summed E-state index contributed by atoms with van der Waals surface area (Å²) in [5.41, 5.74) is 1.16. The Labute approximate surface area is 145 Å². The number of aryl methyl sites for hydroxylation is 1. The lowest BCUT2D eigenvalue weighted by Gasteiger charge is -2.25. The van der Waals surface area contributed by atoms with Gasteiger partial charge in [0.25, 0.3) is 10.0 Å². The zero-order valence-corrected chi connectivity index (χ0v) is 14.7. The SMILES string of the molecule is Cc1ccc(C(=O)O)cc1S(=O)(=O)N1CCCSc2ccccc21. The first kappa shape index (κ1) is 16.9. The smallest absolute Gasteiger partial charge is 0.335 e. The molecule has 0 atom stereocenters. The molecular weight excluding hydrogens is 346 g/mol. The van der Waals surface area contributed by atoms with Gasteiger partial charge in [0.1, 0.15) is 0 Å². The minimum absolute atomic E-state index is 0.0309. The Morgan fingerprint density at radius 2 is 1.96 bits per heavy atom. The number of rotatable bonds is 3. The van der Waals surface area contributed by atoms with Crippen LogP contribution in [-0.4, -0.2) is 31.8 Å². The Balaban J connectivity index is 2.15. The molecule has 0 amide bonds. The molecule has 0 bridgehead atoms. The van der Waals surface area contributed by atoms with Crippen molar-refractivity contribution in [3.8, 4) is 0 Å². The van der Waals surface area contributed by atoms with Crippen LogP contribution in [0.5, 0.6) is 0 Å². The highest BCUT2D eigenvalue weighted by Crippen LogP contribution is 2.37. The van der Waals surface area contributed by atoms with Gasteiger partial charge in [-0.15, -0.1) is 11.8 Å². The summed E-state index contributed by atoms with van der Waals surface area (Å²) in [5, 5.41) is 9.17. The lowest BCUT2D eigenvalue weighted by Crippen LogP contribution is -2.32. The second kappa shape index (κ2) is 6.49. The van der Waals surface area contributed by atoms with Crippen LogP contribution >= 0.6 is 11.8 Å². The number of para-hydroxylation sites is 1. The van der Waals surface area contributed by atoms with E-state index in [0.717, 1.165) is 17.1 Å². The number of nitrogens with zero attached hydrogens (tertiary/aromatic N) is 1. The van der Waals surface area contributed by atoms with Crippen molar-refractivity contribution in [1.82, 2.24) is 0 Å². The normalized spacial score (nSPS) is 14.8. The summed E-state index contributed by atoms with van der Waals surface area (Å²) < 4.78 is 27.8. The number of benzene rings is 2. The van der Waals surface area contributed by atoms with Crippen LogP contribution in [0.1, 0.15) is 22.3 Å². The summed E-state index contributed by atoms with van der Waals surface area (Å²) in [6.45, 7) is 2.06. The number of sulfonamides is 1. The van der Waals surface area contributed by atoms with E-state index in [0.29, 0.717) is 17.8 Å². The van der Waals surface area contributed by atoms with Crippen LogP contribution < -0.4 is 4.31 Å². The molecule has 2 aromatic rings. The maximum Gasteiger partial charge on any atom is 0.335 e. The fourth-order valence-electron chi connectivity index (χ4n) is 2.68. The van der Waals surface area contributed by atoms with Gasteiger partial charge in [-0.1, -0.05) is 18.2 Å². The Hall–Kier alpha value is -1.99. The summed E-state index contributed by atoms with van der Waals surface area (Å²) in [6.07, 6.45) is 0.732. The Morgan fingerprint density at radius 3 is 2.71 bits per heavy atom. The number of carbonyl (C=O) groups is 1. The molecule has 0 saturated carbocycles. The predicted octanol–water partition coefficient (Wildman–Crippen LogP) is 3.38. The minimum atomic E-state index is -3.83. The standard InChI is InChI=1S/C17H17NO4S2/c1-12-7-8-13(17(19)20)11-16(12)24(21,22)18-9-4-10-23-15-6-3-2-5-14(15)18/h2-3,5-8,11H,4,9-10H2,1H3,(H,19,20). The molecule has 1 heterocycles. The quantitative estimate of drug-likeness (QED) is 0.905. The molecule has 1 aliphatic rings. The molecule has 0 saturated heterocycles. The zero-order valence-electron chi connectivity index (χ0n) is 13.1. The fraction of sp³-hybridized carbons (Fsp3) is 0.235. The molecule has 126 valence electrons. The summed E-state index contributed by atoms with van der Waals surface area (Å²) in [6, 6.07) is 11.6. The van der Waals surface area contributed by atoms with Gasteiger partial charge in [0.2, 0.25) is 0 Å². The van der Waals surface area contributed by atoms with E-state index in [2.05, 4.69) is 0 Å². The molecule has 24 heavy (non-hydrogen) atoms. The average molecular weight is 363 g/mol. The molecule has 0 fully saturated rings. The van der Waals surface area contributed by atoms with Crippen molar-refractivity contribution in [3.63, 3.8) is 0 Å². The van der Waals surface area contributed by atoms with Gasteiger partial charge in [0.15, 0.2) is 0 Å². The highest BCUT2D eigenvalue weighted by Gasteiger charge is 2.30. The summed E-state index contributed by atoms with van der Waals surface area (Å²) in [7, 11) is -3.83. The van der Waals surface area contributed by atoms with Crippen LogP contribution in [-0.2, 0) is 10.0 Å². The molecule has 0 spiro atoms. The van der Waals surface area contributed by atoms with E-state index in [1.807, 2.05) is 18.2 Å². The van der Waals surface area contributed by atoms with Crippen LogP contribution in [0.4, 0.5) is 5.69 Å². The number of carboxylic acids is 1. The first-order valence-corrected chi connectivity index (χ1v) is 9.92. The van der Waals surface area contributed by atoms with Crippen molar-refractivity contribution in [1.29, 1.82) is 0 Å². The van der Waals surface area contributed by atoms with Crippen molar-refractivity contribution in [2.45, 2.75) is 23.1 Å². The van der Waals surface area contributed by atoms with E-state index < -0.39 is 16.0 Å². The fourth-order valence-corrected chi connectivity index (χ4v) is 5.50. The zero-order chi connectivity index (χ0) is 17.3. The third kappa shape index (κ3) is 3.01. The third-order valence-electron chi connectivity index (χ3n) is 3.90. The van der Waals surface area contributed by atoms with Gasteiger partial charge >= 0.3 is 5.97 Å². The largest absolute Gasteiger partial charge is 0.478 e. The predicted molar refractivity (Wildman–Crippen MR) is 94.5 cm³/mol. The molecule has 0 aliphatic carbocycles. The molecule has 1 aliphatic heterocycles. The maximum absolute atomic E-state index is 13.2. The third-order valence-corrected chi connectivity index (χ3v) is 7.00.